The molecule has 0 aliphatic carbocycles. The maximum absolute atomic E-state index is 4.59. The average Bonchev–Trinajstić information content (AvgIpc) is 2.97. The Morgan fingerprint density at radius 3 is 2.62 bits per heavy atom. The van der Waals surface area contributed by atoms with Crippen LogP contribution >= 0.6 is 0 Å². The van der Waals surface area contributed by atoms with Gasteiger partial charge in [0.15, 0.2) is 6.04 Å². The first kappa shape index (κ1) is 14.5. The first-order valence-electron chi connectivity index (χ1n) is 8.04. The molecule has 0 aliphatic heterocycles. The highest BCUT2D eigenvalue weighted by atomic mass is 15.0. The van der Waals surface area contributed by atoms with E-state index in [0.717, 1.165) is 22.7 Å². The van der Waals surface area contributed by atoms with Gasteiger partial charge in [0.2, 0.25) is 0 Å². The van der Waals surface area contributed by atoms with Crippen LogP contribution in [0.15, 0.2) is 73.1 Å². The van der Waals surface area contributed by atoms with Gasteiger partial charge in [-0.2, -0.15) is 0 Å². The van der Waals surface area contributed by atoms with Gasteiger partial charge in [-0.05, 0) is 31.2 Å². The van der Waals surface area contributed by atoms with Crippen LogP contribution in [0.1, 0.15) is 23.0 Å². The highest BCUT2D eigenvalue weighted by Gasteiger charge is 2.25. The molecule has 3 aromatic heterocycles. The molecule has 1 atom stereocenters. The highest BCUT2D eigenvalue weighted by molar-refractivity contribution is 5.86. The standard InChI is InChI=1S/C20H18N4/c1-14-19(15-8-2-3-9-16(15)23-14)20(17-10-4-6-12-21-17)24-18-11-5-7-13-22-18/h2-13,20,23H,1H3,(H,22,24)/p+1/t20-/m0/s1. The maximum atomic E-state index is 4.59. The van der Waals surface area contributed by atoms with Crippen molar-refractivity contribution in [1.82, 2.24) is 9.97 Å². The summed E-state index contributed by atoms with van der Waals surface area (Å²) in [5, 5.41) is 4.81. The Balaban J connectivity index is 1.87. The highest BCUT2D eigenvalue weighted by Crippen LogP contribution is 2.32. The quantitative estimate of drug-likeness (QED) is 0.600. The summed E-state index contributed by atoms with van der Waals surface area (Å²) in [6.45, 7) is 2.11. The molecule has 3 N–H and O–H groups in total. The van der Waals surface area contributed by atoms with Gasteiger partial charge in [-0.3, -0.25) is 10.3 Å². The molecular weight excluding hydrogens is 296 g/mol. The van der Waals surface area contributed by atoms with Crippen molar-refractivity contribution in [3.8, 4) is 0 Å². The van der Waals surface area contributed by atoms with Crippen LogP contribution in [0.3, 0.4) is 0 Å². The minimum absolute atomic E-state index is 0.0407. The summed E-state index contributed by atoms with van der Waals surface area (Å²) >= 11 is 0. The molecule has 1 aromatic carbocycles. The molecule has 0 saturated heterocycles. The molecule has 118 valence electrons. The van der Waals surface area contributed by atoms with Crippen molar-refractivity contribution in [1.29, 1.82) is 0 Å². The molecule has 3 heterocycles. The van der Waals surface area contributed by atoms with E-state index < -0.39 is 0 Å². The van der Waals surface area contributed by atoms with Crippen LogP contribution in [0.2, 0.25) is 0 Å². The first-order valence-corrected chi connectivity index (χ1v) is 8.04. The summed E-state index contributed by atoms with van der Waals surface area (Å²) in [5.74, 6) is 0.956. The predicted octanol–water partition coefficient (Wildman–Crippen LogP) is 3.89. The second kappa shape index (κ2) is 6.16. The first-order chi connectivity index (χ1) is 11.8. The second-order valence-corrected chi connectivity index (χ2v) is 5.82. The number of rotatable bonds is 4. The van der Waals surface area contributed by atoms with Gasteiger partial charge in [0.25, 0.3) is 5.82 Å². The molecule has 0 saturated carbocycles. The fourth-order valence-corrected chi connectivity index (χ4v) is 3.15. The maximum Gasteiger partial charge on any atom is 0.272 e. The summed E-state index contributed by atoms with van der Waals surface area (Å²) in [4.78, 5) is 11.3. The van der Waals surface area contributed by atoms with E-state index in [9.17, 15) is 0 Å². The van der Waals surface area contributed by atoms with E-state index in [2.05, 4.69) is 57.5 Å². The molecule has 4 nitrogen and oxygen atoms in total. The number of pyridine rings is 2. The Morgan fingerprint density at radius 2 is 1.83 bits per heavy atom. The number of hydrogen-bond donors (Lipinski definition) is 2. The van der Waals surface area contributed by atoms with Gasteiger partial charge in [-0.1, -0.05) is 30.3 Å². The largest absolute Gasteiger partial charge is 0.358 e. The lowest BCUT2D eigenvalue weighted by Gasteiger charge is -2.15. The van der Waals surface area contributed by atoms with Crippen molar-refractivity contribution >= 4 is 16.7 Å². The Kier molecular flexibility index (Phi) is 3.71. The monoisotopic (exact) mass is 315 g/mol. The van der Waals surface area contributed by atoms with E-state index in [1.807, 2.05) is 42.7 Å². The van der Waals surface area contributed by atoms with Gasteiger partial charge in [0.05, 0.1) is 11.9 Å². The number of nitrogens with zero attached hydrogens (tertiary/aromatic N) is 1. The number of anilines is 1. The van der Waals surface area contributed by atoms with Crippen molar-refractivity contribution in [2.45, 2.75) is 13.0 Å². The van der Waals surface area contributed by atoms with Crippen molar-refractivity contribution in [3.63, 3.8) is 0 Å². The minimum atomic E-state index is -0.0407. The topological polar surface area (TPSA) is 54.9 Å². The molecule has 0 radical (unpaired) electrons. The number of aromatic nitrogens is 3. The van der Waals surface area contributed by atoms with Crippen LogP contribution in [-0.2, 0) is 0 Å². The Bertz CT molecular complexity index is 945. The third-order valence-electron chi connectivity index (χ3n) is 4.22. The smallest absolute Gasteiger partial charge is 0.272 e. The Morgan fingerprint density at radius 1 is 1.00 bits per heavy atom. The lowest BCUT2D eigenvalue weighted by molar-refractivity contribution is -0.361. The number of aromatic amines is 2. The third-order valence-corrected chi connectivity index (χ3v) is 4.22. The SMILES string of the molecule is Cc1[nH]c2ccccc2c1[C@@H](Nc1cccc[nH+]1)c1ccccn1. The number of aryl methyl sites for hydroxylation is 1. The summed E-state index contributed by atoms with van der Waals surface area (Å²) in [5.41, 5.74) is 4.50. The molecule has 0 spiro atoms. The number of H-pyrrole nitrogens is 2. The molecule has 0 bridgehead atoms. The number of benzene rings is 1. The van der Waals surface area contributed by atoms with Gasteiger partial charge >= 0.3 is 0 Å². The zero-order valence-corrected chi connectivity index (χ0v) is 13.5. The fourth-order valence-electron chi connectivity index (χ4n) is 3.15. The number of nitrogens with one attached hydrogen (secondary N) is 3. The van der Waals surface area contributed by atoms with E-state index in [1.165, 1.54) is 10.9 Å². The lowest BCUT2D eigenvalue weighted by atomic mass is 9.99. The van der Waals surface area contributed by atoms with Crippen molar-refractivity contribution in [2.24, 2.45) is 0 Å². The number of para-hydroxylation sites is 1. The Hall–Kier alpha value is -3.14. The number of hydrogen-bond acceptors (Lipinski definition) is 2. The third kappa shape index (κ3) is 2.63. The van der Waals surface area contributed by atoms with E-state index in [0.29, 0.717) is 0 Å². The molecule has 0 aliphatic rings. The van der Waals surface area contributed by atoms with Gasteiger partial charge in [-0.15, -0.1) is 0 Å². The lowest BCUT2D eigenvalue weighted by Crippen LogP contribution is -2.20. The summed E-state index contributed by atoms with van der Waals surface area (Å²) in [6, 6.07) is 20.4. The van der Waals surface area contributed by atoms with Gasteiger partial charge < -0.3 is 4.98 Å². The van der Waals surface area contributed by atoms with Gasteiger partial charge in [-0.25, -0.2) is 4.98 Å². The molecule has 4 heteroatoms. The molecule has 4 rings (SSSR count). The molecule has 4 aromatic rings. The van der Waals surface area contributed by atoms with Crippen LogP contribution < -0.4 is 10.3 Å². The van der Waals surface area contributed by atoms with Crippen LogP contribution in [0.4, 0.5) is 5.82 Å². The van der Waals surface area contributed by atoms with Crippen molar-refractivity contribution in [3.05, 3.63) is 90.0 Å². The summed E-state index contributed by atoms with van der Waals surface area (Å²) in [6.07, 6.45) is 3.75. The normalized spacial score (nSPS) is 12.2. The molecule has 0 unspecified atom stereocenters. The van der Waals surface area contributed by atoms with Gasteiger partial charge in [0, 0.05) is 34.4 Å². The van der Waals surface area contributed by atoms with Gasteiger partial charge in [0.1, 0.15) is 0 Å². The number of fused-ring (bicyclic) bond motifs is 1. The molecular formula is C20H19N4+. The van der Waals surface area contributed by atoms with Crippen LogP contribution in [-0.4, -0.2) is 9.97 Å². The second-order valence-electron chi connectivity index (χ2n) is 5.82. The zero-order valence-electron chi connectivity index (χ0n) is 13.5. The zero-order chi connectivity index (χ0) is 16.4. The minimum Gasteiger partial charge on any atom is -0.358 e. The van der Waals surface area contributed by atoms with Crippen molar-refractivity contribution < 1.29 is 4.98 Å². The summed E-state index contributed by atoms with van der Waals surface area (Å²) < 4.78 is 0. The Labute approximate surface area is 140 Å². The van der Waals surface area contributed by atoms with E-state index in [4.69, 9.17) is 0 Å². The van der Waals surface area contributed by atoms with Crippen LogP contribution in [0.25, 0.3) is 10.9 Å². The van der Waals surface area contributed by atoms with Crippen LogP contribution in [0.5, 0.6) is 0 Å². The molecule has 0 amide bonds. The van der Waals surface area contributed by atoms with Crippen molar-refractivity contribution in [2.75, 3.05) is 5.32 Å². The predicted molar refractivity (Wildman–Crippen MR) is 95.7 cm³/mol. The van der Waals surface area contributed by atoms with E-state index in [-0.39, 0.29) is 6.04 Å². The van der Waals surface area contributed by atoms with E-state index in [1.54, 1.807) is 0 Å². The fraction of sp³-hybridized carbons (Fsp3) is 0.100. The van der Waals surface area contributed by atoms with E-state index >= 15 is 0 Å². The molecule has 24 heavy (non-hydrogen) atoms. The average molecular weight is 315 g/mol. The molecule has 0 fully saturated rings. The van der Waals surface area contributed by atoms with Crippen LogP contribution in [0, 0.1) is 6.92 Å². The summed E-state index contributed by atoms with van der Waals surface area (Å²) in [7, 11) is 0.